The summed E-state index contributed by atoms with van der Waals surface area (Å²) in [5.41, 5.74) is 3.06. The van der Waals surface area contributed by atoms with E-state index in [2.05, 4.69) is 18.8 Å². The number of halogens is 1. The molecule has 0 amide bonds. The van der Waals surface area contributed by atoms with E-state index in [4.69, 9.17) is 19.6 Å². The number of benzene rings is 2. The van der Waals surface area contributed by atoms with Gasteiger partial charge in [0, 0.05) is 5.56 Å². The molecule has 7 heteroatoms. The summed E-state index contributed by atoms with van der Waals surface area (Å²) in [6, 6.07) is 12.0. The number of rotatable bonds is 10. The molecule has 174 valence electrons. The Morgan fingerprint density at radius 1 is 1.12 bits per heavy atom. The highest BCUT2D eigenvalue weighted by molar-refractivity contribution is 5.68. The van der Waals surface area contributed by atoms with Crippen molar-refractivity contribution in [2.75, 3.05) is 7.11 Å². The molecule has 0 aliphatic heterocycles. The maximum atomic E-state index is 14.6. The van der Waals surface area contributed by atoms with Crippen LogP contribution in [0.3, 0.4) is 0 Å². The van der Waals surface area contributed by atoms with Crippen LogP contribution in [0.4, 0.5) is 4.39 Å². The summed E-state index contributed by atoms with van der Waals surface area (Å²) < 4.78 is 25.7. The van der Waals surface area contributed by atoms with Crippen LogP contribution in [-0.4, -0.2) is 28.2 Å². The van der Waals surface area contributed by atoms with Gasteiger partial charge in [0.05, 0.1) is 36.8 Å². The minimum Gasteiger partial charge on any atom is -0.497 e. The minimum atomic E-state index is -0.839. The Hall–Kier alpha value is -3.48. The third-order valence-electron chi connectivity index (χ3n) is 5.22. The van der Waals surface area contributed by atoms with E-state index in [1.807, 2.05) is 31.2 Å². The highest BCUT2D eigenvalue weighted by Gasteiger charge is 2.17. The summed E-state index contributed by atoms with van der Waals surface area (Å²) in [6.07, 6.45) is 2.28. The van der Waals surface area contributed by atoms with E-state index < -0.39 is 5.97 Å². The highest BCUT2D eigenvalue weighted by atomic mass is 19.1. The minimum absolute atomic E-state index is 0.0514. The lowest BCUT2D eigenvalue weighted by molar-refractivity contribution is -0.137. The molecule has 0 aliphatic carbocycles. The second-order valence-electron chi connectivity index (χ2n) is 8.46. The maximum Gasteiger partial charge on any atom is 0.303 e. The first kappa shape index (κ1) is 24.2. The van der Waals surface area contributed by atoms with Crippen LogP contribution < -0.4 is 9.47 Å². The van der Waals surface area contributed by atoms with Gasteiger partial charge in [0.2, 0.25) is 0 Å². The lowest BCUT2D eigenvalue weighted by Crippen LogP contribution is -2.08. The van der Waals surface area contributed by atoms with Gasteiger partial charge in [0.15, 0.2) is 0 Å². The van der Waals surface area contributed by atoms with Gasteiger partial charge >= 0.3 is 5.97 Å². The molecule has 1 aromatic heterocycles. The molecule has 0 spiro atoms. The predicted molar refractivity (Wildman–Crippen MR) is 124 cm³/mol. The van der Waals surface area contributed by atoms with Gasteiger partial charge in [-0.3, -0.25) is 14.8 Å². The molecule has 1 heterocycles. The van der Waals surface area contributed by atoms with Crippen LogP contribution in [0, 0.1) is 11.7 Å². The van der Waals surface area contributed by atoms with E-state index in [-0.39, 0.29) is 24.8 Å². The SMILES string of the molecule is COc1ccc(F)c(-c2ncc(COc3cccc([C@H](C)CC(=O)O)c3)nc2CC(C)C)c1. The van der Waals surface area contributed by atoms with E-state index in [9.17, 15) is 9.18 Å². The van der Waals surface area contributed by atoms with Crippen molar-refractivity contribution in [2.45, 2.75) is 46.1 Å². The molecular weight excluding hydrogens is 423 g/mol. The van der Waals surface area contributed by atoms with Crippen LogP contribution in [0.15, 0.2) is 48.7 Å². The molecule has 0 saturated heterocycles. The Morgan fingerprint density at radius 2 is 1.91 bits per heavy atom. The number of carboxylic acids is 1. The van der Waals surface area contributed by atoms with E-state index >= 15 is 0 Å². The smallest absolute Gasteiger partial charge is 0.303 e. The van der Waals surface area contributed by atoms with E-state index in [1.54, 1.807) is 18.3 Å². The van der Waals surface area contributed by atoms with Gasteiger partial charge in [-0.25, -0.2) is 4.39 Å². The fraction of sp³-hybridized carbons (Fsp3) is 0.346. The summed E-state index contributed by atoms with van der Waals surface area (Å²) in [4.78, 5) is 20.2. The van der Waals surface area contributed by atoms with Crippen molar-refractivity contribution in [1.82, 2.24) is 9.97 Å². The maximum absolute atomic E-state index is 14.6. The molecule has 3 rings (SSSR count). The number of aliphatic carboxylic acids is 1. The number of ether oxygens (including phenoxy) is 2. The fourth-order valence-corrected chi connectivity index (χ4v) is 3.55. The molecule has 0 unspecified atom stereocenters. The third kappa shape index (κ3) is 6.51. The number of nitrogens with zero attached hydrogens (tertiary/aromatic N) is 2. The van der Waals surface area contributed by atoms with Crippen LogP contribution in [0.1, 0.15) is 50.1 Å². The molecule has 0 aliphatic rings. The molecule has 6 nitrogen and oxygen atoms in total. The Bertz CT molecular complexity index is 1120. The number of hydrogen-bond donors (Lipinski definition) is 1. The zero-order valence-electron chi connectivity index (χ0n) is 19.3. The second-order valence-corrected chi connectivity index (χ2v) is 8.46. The van der Waals surface area contributed by atoms with E-state index in [1.165, 1.54) is 13.2 Å². The van der Waals surface area contributed by atoms with Crippen molar-refractivity contribution in [3.05, 3.63) is 71.4 Å². The normalized spacial score (nSPS) is 11.9. The van der Waals surface area contributed by atoms with E-state index in [0.717, 1.165) is 5.56 Å². The van der Waals surface area contributed by atoms with Gasteiger partial charge in [-0.15, -0.1) is 0 Å². The molecule has 1 N–H and O–H groups in total. The van der Waals surface area contributed by atoms with Crippen LogP contribution in [0.2, 0.25) is 0 Å². The van der Waals surface area contributed by atoms with Crippen molar-refractivity contribution < 1.29 is 23.8 Å². The highest BCUT2D eigenvalue weighted by Crippen LogP contribution is 2.29. The largest absolute Gasteiger partial charge is 0.497 e. The van der Waals surface area contributed by atoms with Gasteiger partial charge < -0.3 is 14.6 Å². The van der Waals surface area contributed by atoms with Crippen LogP contribution in [-0.2, 0) is 17.8 Å². The molecule has 0 radical (unpaired) electrons. The summed E-state index contributed by atoms with van der Waals surface area (Å²) in [5, 5.41) is 9.03. The number of aromatic nitrogens is 2. The number of carbonyl (C=O) groups is 1. The van der Waals surface area contributed by atoms with Crippen molar-refractivity contribution in [2.24, 2.45) is 5.92 Å². The van der Waals surface area contributed by atoms with Crippen LogP contribution in [0.5, 0.6) is 11.5 Å². The Labute approximate surface area is 193 Å². The number of methoxy groups -OCH3 is 1. The first-order valence-corrected chi connectivity index (χ1v) is 10.9. The molecule has 1 atom stereocenters. The summed E-state index contributed by atoms with van der Waals surface area (Å²) in [6.45, 7) is 6.20. The quantitative estimate of drug-likeness (QED) is 0.428. The van der Waals surface area contributed by atoms with Gasteiger partial charge in [-0.05, 0) is 54.2 Å². The van der Waals surface area contributed by atoms with Gasteiger partial charge in [-0.2, -0.15) is 0 Å². The van der Waals surface area contributed by atoms with Crippen molar-refractivity contribution in [1.29, 1.82) is 0 Å². The zero-order chi connectivity index (χ0) is 24.0. The molecule has 0 fully saturated rings. The standard InChI is InChI=1S/C26H29FN2O4/c1-16(2)10-24-26(22-13-20(32-4)8-9-23(22)27)28-14-19(29-24)15-33-21-7-5-6-18(12-21)17(3)11-25(30)31/h5-9,12-14,16-17H,10-11,15H2,1-4H3,(H,30,31)/t17-/m1/s1. The van der Waals surface area contributed by atoms with Gasteiger partial charge in [0.1, 0.15) is 23.9 Å². The second kappa shape index (κ2) is 10.9. The zero-order valence-corrected chi connectivity index (χ0v) is 19.3. The van der Waals surface area contributed by atoms with Crippen molar-refractivity contribution in [3.63, 3.8) is 0 Å². The lowest BCUT2D eigenvalue weighted by atomic mass is 9.98. The fourth-order valence-electron chi connectivity index (χ4n) is 3.55. The molecule has 33 heavy (non-hydrogen) atoms. The molecule has 0 bridgehead atoms. The molecule has 2 aromatic carbocycles. The molecule has 0 saturated carbocycles. The molecule has 3 aromatic rings. The Kier molecular flexibility index (Phi) is 7.98. The van der Waals surface area contributed by atoms with Crippen molar-refractivity contribution in [3.8, 4) is 22.8 Å². The summed E-state index contributed by atoms with van der Waals surface area (Å²) in [5.74, 6) is 0.129. The Morgan fingerprint density at radius 3 is 2.61 bits per heavy atom. The first-order chi connectivity index (χ1) is 15.8. The Balaban J connectivity index is 1.83. The molecular formula is C26H29FN2O4. The van der Waals surface area contributed by atoms with Gasteiger partial charge in [-0.1, -0.05) is 32.9 Å². The summed E-state index contributed by atoms with van der Waals surface area (Å²) in [7, 11) is 1.54. The third-order valence-corrected chi connectivity index (χ3v) is 5.22. The number of hydrogen-bond acceptors (Lipinski definition) is 5. The van der Waals surface area contributed by atoms with Crippen molar-refractivity contribution >= 4 is 5.97 Å². The monoisotopic (exact) mass is 452 g/mol. The van der Waals surface area contributed by atoms with Gasteiger partial charge in [0.25, 0.3) is 0 Å². The first-order valence-electron chi connectivity index (χ1n) is 10.9. The summed E-state index contributed by atoms with van der Waals surface area (Å²) >= 11 is 0. The van der Waals surface area contributed by atoms with Crippen LogP contribution in [0.25, 0.3) is 11.3 Å². The lowest BCUT2D eigenvalue weighted by Gasteiger charge is -2.14. The predicted octanol–water partition coefficient (Wildman–Crippen LogP) is 5.65. The topological polar surface area (TPSA) is 81.5 Å². The van der Waals surface area contributed by atoms with E-state index in [0.29, 0.717) is 46.5 Å². The average molecular weight is 453 g/mol. The number of carboxylic acid groups (broad SMARTS) is 1. The van der Waals surface area contributed by atoms with Crippen LogP contribution >= 0.6 is 0 Å². The average Bonchev–Trinajstić information content (AvgIpc) is 2.78.